The molecule has 1 atom stereocenters. The lowest BCUT2D eigenvalue weighted by molar-refractivity contribution is 0.0106. The van der Waals surface area contributed by atoms with Gasteiger partial charge in [0.15, 0.2) is 5.82 Å². The second-order valence-electron chi connectivity index (χ2n) is 8.35. The van der Waals surface area contributed by atoms with Crippen LogP contribution in [-0.2, 0) is 11.3 Å². The molecule has 1 spiro atoms. The van der Waals surface area contributed by atoms with Crippen molar-refractivity contribution < 1.29 is 13.9 Å². The van der Waals surface area contributed by atoms with Crippen molar-refractivity contribution >= 4 is 5.91 Å². The molecule has 0 N–H and O–H groups in total. The maximum absolute atomic E-state index is 14.2. The van der Waals surface area contributed by atoms with E-state index in [0.717, 1.165) is 31.4 Å². The summed E-state index contributed by atoms with van der Waals surface area (Å²) in [6.07, 6.45) is 8.62. The van der Waals surface area contributed by atoms with Gasteiger partial charge >= 0.3 is 0 Å². The predicted octanol–water partition coefficient (Wildman–Crippen LogP) is 2.26. The van der Waals surface area contributed by atoms with Crippen LogP contribution in [0.3, 0.4) is 0 Å². The molecule has 1 amide bonds. The molecule has 2 saturated heterocycles. The molecule has 7 nitrogen and oxygen atoms in total. The molecule has 3 fully saturated rings. The van der Waals surface area contributed by atoms with Crippen molar-refractivity contribution in [3.63, 3.8) is 0 Å². The zero-order chi connectivity index (χ0) is 19.1. The van der Waals surface area contributed by atoms with Crippen molar-refractivity contribution in [1.29, 1.82) is 0 Å². The Kier molecular flexibility index (Phi) is 4.38. The number of hydrogen-bond donors (Lipinski definition) is 0. The number of carbonyl (C=O) groups is 1. The number of aromatic nitrogens is 4. The van der Waals surface area contributed by atoms with Gasteiger partial charge in [-0.2, -0.15) is 0 Å². The third-order valence-electron chi connectivity index (χ3n) is 6.54. The maximum atomic E-state index is 14.2. The normalized spacial score (nSPS) is 24.0. The number of hydrogen-bond acceptors (Lipinski definition) is 5. The molecular weight excluding hydrogens is 361 g/mol. The summed E-state index contributed by atoms with van der Waals surface area (Å²) in [6.45, 7) is 3.43. The van der Waals surface area contributed by atoms with Gasteiger partial charge in [0, 0.05) is 50.4 Å². The number of rotatable bonds is 4. The van der Waals surface area contributed by atoms with E-state index in [4.69, 9.17) is 4.74 Å². The zero-order valence-electron chi connectivity index (χ0n) is 15.8. The quantitative estimate of drug-likeness (QED) is 0.807. The largest absolute Gasteiger partial charge is 0.381 e. The highest BCUT2D eigenvalue weighted by molar-refractivity contribution is 5.94. The molecular formula is C20H24FN5O2. The van der Waals surface area contributed by atoms with Gasteiger partial charge in [-0.15, -0.1) is 10.2 Å². The van der Waals surface area contributed by atoms with Gasteiger partial charge in [-0.1, -0.05) is 0 Å². The van der Waals surface area contributed by atoms with Crippen LogP contribution in [0.15, 0.2) is 24.8 Å². The molecule has 2 aromatic rings. The Balaban J connectivity index is 1.46. The molecule has 1 saturated carbocycles. The molecule has 2 aromatic heterocycles. The molecule has 5 rings (SSSR count). The molecule has 8 heteroatoms. The van der Waals surface area contributed by atoms with Crippen molar-refractivity contribution in [2.75, 3.05) is 26.3 Å². The van der Waals surface area contributed by atoms with E-state index in [9.17, 15) is 9.18 Å². The molecule has 2 aliphatic heterocycles. The Labute approximate surface area is 162 Å². The zero-order valence-corrected chi connectivity index (χ0v) is 15.8. The van der Waals surface area contributed by atoms with Crippen LogP contribution in [0.25, 0.3) is 0 Å². The number of carbonyl (C=O) groups excluding carboxylic acids is 1. The van der Waals surface area contributed by atoms with E-state index >= 15 is 0 Å². The van der Waals surface area contributed by atoms with Crippen molar-refractivity contribution in [3.05, 3.63) is 42.0 Å². The van der Waals surface area contributed by atoms with Gasteiger partial charge in [-0.3, -0.25) is 9.78 Å². The van der Waals surface area contributed by atoms with E-state index in [1.54, 1.807) is 4.90 Å². The van der Waals surface area contributed by atoms with Crippen molar-refractivity contribution in [1.82, 2.24) is 24.6 Å². The third kappa shape index (κ3) is 3.09. The fraction of sp³-hybridized carbons (Fsp3) is 0.600. The van der Waals surface area contributed by atoms with Crippen LogP contribution < -0.4 is 0 Å². The van der Waals surface area contributed by atoms with E-state index in [0.29, 0.717) is 32.2 Å². The summed E-state index contributed by atoms with van der Waals surface area (Å²) in [4.78, 5) is 18.6. The lowest BCUT2D eigenvalue weighted by atomic mass is 9.71. The fourth-order valence-electron chi connectivity index (χ4n) is 4.74. The average Bonchev–Trinajstić information content (AvgIpc) is 3.29. The summed E-state index contributed by atoms with van der Waals surface area (Å²) in [7, 11) is 0. The first kappa shape index (κ1) is 17.7. The summed E-state index contributed by atoms with van der Waals surface area (Å²) in [6, 6.07) is 1.46. The van der Waals surface area contributed by atoms with E-state index in [1.807, 2.05) is 6.33 Å². The minimum Gasteiger partial charge on any atom is -0.381 e. The molecule has 148 valence electrons. The highest BCUT2D eigenvalue weighted by Crippen LogP contribution is 2.49. The maximum Gasteiger partial charge on any atom is 0.256 e. The van der Waals surface area contributed by atoms with Crippen LogP contribution in [0.4, 0.5) is 4.39 Å². The summed E-state index contributed by atoms with van der Waals surface area (Å²) < 4.78 is 21.9. The van der Waals surface area contributed by atoms with Gasteiger partial charge in [0.2, 0.25) is 0 Å². The Morgan fingerprint density at radius 2 is 2.14 bits per heavy atom. The molecule has 1 unspecified atom stereocenters. The second-order valence-corrected chi connectivity index (χ2v) is 8.35. The summed E-state index contributed by atoms with van der Waals surface area (Å²) in [5, 5.41) is 8.64. The molecule has 28 heavy (non-hydrogen) atoms. The average molecular weight is 385 g/mol. The minimum atomic E-state index is -0.575. The monoisotopic (exact) mass is 385 g/mol. The van der Waals surface area contributed by atoms with E-state index in [1.165, 1.54) is 25.1 Å². The van der Waals surface area contributed by atoms with Gasteiger partial charge in [0.05, 0.1) is 11.8 Å². The van der Waals surface area contributed by atoms with Crippen LogP contribution in [0.2, 0.25) is 0 Å². The van der Waals surface area contributed by atoms with Crippen molar-refractivity contribution in [2.24, 2.45) is 11.3 Å². The Bertz CT molecular complexity index is 875. The predicted molar refractivity (Wildman–Crippen MR) is 98.1 cm³/mol. The lowest BCUT2D eigenvalue weighted by Crippen LogP contribution is -2.38. The van der Waals surface area contributed by atoms with Crippen LogP contribution in [0.1, 0.15) is 47.8 Å². The number of halogens is 1. The lowest BCUT2D eigenvalue weighted by Gasteiger charge is -2.37. The molecule has 1 aliphatic carbocycles. The fourth-order valence-corrected chi connectivity index (χ4v) is 4.74. The highest BCUT2D eigenvalue weighted by Gasteiger charge is 2.51. The van der Waals surface area contributed by atoms with Crippen LogP contribution in [0, 0.1) is 17.2 Å². The van der Waals surface area contributed by atoms with Gasteiger partial charge in [0.25, 0.3) is 5.91 Å². The Hall–Kier alpha value is -2.35. The first-order valence-corrected chi connectivity index (χ1v) is 10.0. The smallest absolute Gasteiger partial charge is 0.256 e. The highest BCUT2D eigenvalue weighted by atomic mass is 19.1. The number of pyridine rings is 1. The first-order valence-electron chi connectivity index (χ1n) is 10.0. The van der Waals surface area contributed by atoms with Gasteiger partial charge < -0.3 is 14.2 Å². The second kappa shape index (κ2) is 6.92. The Morgan fingerprint density at radius 3 is 2.89 bits per heavy atom. The summed E-state index contributed by atoms with van der Waals surface area (Å²) in [5.41, 5.74) is -0.0107. The molecule has 3 aliphatic rings. The van der Waals surface area contributed by atoms with Gasteiger partial charge in [-0.25, -0.2) is 4.39 Å². The Morgan fingerprint density at radius 1 is 1.32 bits per heavy atom. The number of nitrogens with zero attached hydrogens (tertiary/aromatic N) is 5. The van der Waals surface area contributed by atoms with Crippen molar-refractivity contribution in [2.45, 2.75) is 38.1 Å². The van der Waals surface area contributed by atoms with Crippen LogP contribution in [-0.4, -0.2) is 56.9 Å². The molecule has 0 bridgehead atoms. The van der Waals surface area contributed by atoms with E-state index in [-0.39, 0.29) is 22.8 Å². The minimum absolute atomic E-state index is 0.0808. The van der Waals surface area contributed by atoms with Gasteiger partial charge in [-0.05, 0) is 37.7 Å². The van der Waals surface area contributed by atoms with Gasteiger partial charge in [0.1, 0.15) is 12.2 Å². The first-order chi connectivity index (χ1) is 13.7. The van der Waals surface area contributed by atoms with E-state index < -0.39 is 5.82 Å². The SMILES string of the molecule is O=C(c1ccncc1F)N1CC(c2nncn2CC2CC2)C2(CCOCC2)C1. The third-order valence-corrected chi connectivity index (χ3v) is 6.54. The number of amides is 1. The van der Waals surface area contributed by atoms with Crippen LogP contribution >= 0.6 is 0 Å². The molecule has 0 radical (unpaired) electrons. The van der Waals surface area contributed by atoms with E-state index in [2.05, 4.69) is 19.7 Å². The standard InChI is InChI=1S/C20H24FN5O2/c21-17-9-22-6-3-15(17)19(27)25-11-16(20(12-25)4-7-28-8-5-20)18-24-23-13-26(18)10-14-1-2-14/h3,6,9,13-14,16H,1-2,4-5,7-8,10-12H2. The summed E-state index contributed by atoms with van der Waals surface area (Å²) in [5.74, 6) is 0.909. The molecule has 4 heterocycles. The topological polar surface area (TPSA) is 73.1 Å². The van der Waals surface area contributed by atoms with Crippen molar-refractivity contribution in [3.8, 4) is 0 Å². The van der Waals surface area contributed by atoms with Crippen LogP contribution in [0.5, 0.6) is 0 Å². The molecule has 0 aromatic carbocycles. The number of ether oxygens (including phenoxy) is 1. The summed E-state index contributed by atoms with van der Waals surface area (Å²) >= 11 is 0. The number of likely N-dealkylation sites (tertiary alicyclic amines) is 1.